The maximum Gasteiger partial charge on any atom is 0.260 e. The van der Waals surface area contributed by atoms with Crippen LogP contribution in [0.1, 0.15) is 53.9 Å². The molecule has 6 atom stereocenters. The Balaban J connectivity index is 1.12. The number of benzene rings is 4. The van der Waals surface area contributed by atoms with Gasteiger partial charge in [0.1, 0.15) is 0 Å². The number of phenolic OH excluding ortho intramolecular Hbond substituents is 1. The fourth-order valence-electron chi connectivity index (χ4n) is 10.6. The second-order valence-electron chi connectivity index (χ2n) is 16.2. The maximum absolute atomic E-state index is 15.4. The summed E-state index contributed by atoms with van der Waals surface area (Å²) >= 11 is 3.53. The van der Waals surface area contributed by atoms with Crippen LogP contribution < -0.4 is 10.2 Å². The number of allylic oxidation sites excluding steroid dienone is 2. The molecule has 0 spiro atoms. The summed E-state index contributed by atoms with van der Waals surface area (Å²) in [5.41, 5.74) is 6.77. The number of hydrazine groups is 1. The monoisotopic (exact) mass is 828 g/mol. The summed E-state index contributed by atoms with van der Waals surface area (Å²) in [6.45, 7) is 4.35. The molecule has 4 aromatic rings. The Kier molecular flexibility index (Phi) is 9.56. The zero-order chi connectivity index (χ0) is 39.6. The molecule has 0 aromatic heterocycles. The van der Waals surface area contributed by atoms with Gasteiger partial charge in [-0.15, -0.1) is 0 Å². The van der Waals surface area contributed by atoms with E-state index in [1.807, 2.05) is 79.7 Å². The first-order chi connectivity index (χ1) is 27.6. The van der Waals surface area contributed by atoms with Gasteiger partial charge in [0.15, 0.2) is 11.5 Å². The van der Waals surface area contributed by atoms with Crippen molar-refractivity contribution in [1.82, 2.24) is 14.8 Å². The van der Waals surface area contributed by atoms with Gasteiger partial charge in [-0.3, -0.25) is 34.4 Å². The number of aromatic hydroxyl groups is 1. The van der Waals surface area contributed by atoms with E-state index in [1.165, 1.54) is 12.7 Å². The highest BCUT2D eigenvalue weighted by Crippen LogP contribution is 2.64. The van der Waals surface area contributed by atoms with E-state index in [2.05, 4.69) is 44.5 Å². The Morgan fingerprint density at radius 3 is 2.23 bits per heavy atom. The van der Waals surface area contributed by atoms with Crippen LogP contribution in [0, 0.1) is 30.6 Å². The number of carbonyl (C=O) groups is 4. The number of halogens is 1. The summed E-state index contributed by atoms with van der Waals surface area (Å²) in [4.78, 5) is 63.6. The van der Waals surface area contributed by atoms with Gasteiger partial charge in [-0.1, -0.05) is 90.0 Å². The largest absolute Gasteiger partial charge is 0.503 e. The van der Waals surface area contributed by atoms with Gasteiger partial charge in [-0.25, -0.2) is 0 Å². The van der Waals surface area contributed by atoms with Gasteiger partial charge >= 0.3 is 0 Å². The number of anilines is 1. The van der Waals surface area contributed by atoms with Gasteiger partial charge < -0.3 is 9.84 Å². The molecule has 2 aliphatic carbocycles. The Bertz CT molecular complexity index is 2280. The zero-order valence-electron chi connectivity index (χ0n) is 31.9. The topological polar surface area (TPSA) is 119 Å². The van der Waals surface area contributed by atoms with Gasteiger partial charge in [0.05, 0.1) is 40.4 Å². The van der Waals surface area contributed by atoms with Gasteiger partial charge in [-0.05, 0) is 95.4 Å². The number of piperidine rings is 1. The molecule has 9 rings (SSSR count). The lowest BCUT2D eigenvalue weighted by molar-refractivity contribution is -0.144. The number of carbonyl (C=O) groups excluding carboxylic acids is 4. The van der Waals surface area contributed by atoms with Crippen LogP contribution in [0.2, 0.25) is 0 Å². The lowest BCUT2D eigenvalue weighted by Gasteiger charge is -2.50. The summed E-state index contributed by atoms with van der Waals surface area (Å²) in [6.07, 6.45) is 4.03. The molecule has 3 heterocycles. The van der Waals surface area contributed by atoms with E-state index in [4.69, 9.17) is 4.74 Å². The molecule has 3 saturated heterocycles. The Hall–Kier alpha value is -5.26. The number of hydrogen-bond donors (Lipinski definition) is 2. The molecule has 0 radical (unpaired) electrons. The third-order valence-corrected chi connectivity index (χ3v) is 13.8. The highest BCUT2D eigenvalue weighted by atomic mass is 79.9. The first-order valence-electron chi connectivity index (χ1n) is 19.8. The summed E-state index contributed by atoms with van der Waals surface area (Å²) < 4.78 is 6.01. The normalized spacial score (nSPS) is 27.6. The fourth-order valence-corrected chi connectivity index (χ4v) is 11.1. The molecule has 57 heavy (non-hydrogen) atoms. The lowest BCUT2D eigenvalue weighted by Crippen LogP contribution is -2.53. The number of aryl methyl sites for hydroxylation is 1. The molecular weight excluding hydrogens is 784 g/mol. The quantitative estimate of drug-likeness (QED) is 0.143. The molecular formula is C46H45BrN4O6. The second kappa shape index (κ2) is 14.6. The van der Waals surface area contributed by atoms with E-state index < -0.39 is 40.9 Å². The molecule has 4 amide bonds. The highest BCUT2D eigenvalue weighted by Gasteiger charge is 2.70. The predicted molar refractivity (Wildman–Crippen MR) is 218 cm³/mol. The van der Waals surface area contributed by atoms with Crippen LogP contribution >= 0.6 is 15.9 Å². The van der Waals surface area contributed by atoms with Crippen LogP contribution in [0.15, 0.2) is 113 Å². The zero-order valence-corrected chi connectivity index (χ0v) is 33.5. The number of ether oxygens (including phenoxy) is 1. The van der Waals surface area contributed by atoms with Crippen LogP contribution in [-0.2, 0) is 31.1 Å². The summed E-state index contributed by atoms with van der Waals surface area (Å²) in [7, 11) is 1.47. The molecule has 10 nitrogen and oxygen atoms in total. The van der Waals surface area contributed by atoms with E-state index in [1.54, 1.807) is 17.0 Å². The second-order valence-corrected chi connectivity index (χ2v) is 17.0. The van der Waals surface area contributed by atoms with Crippen LogP contribution in [-0.4, -0.2) is 69.8 Å². The summed E-state index contributed by atoms with van der Waals surface area (Å²) in [6, 6.07) is 30.6. The minimum atomic E-state index is -1.43. The van der Waals surface area contributed by atoms with Crippen molar-refractivity contribution in [2.75, 3.05) is 25.6 Å². The van der Waals surface area contributed by atoms with Gasteiger partial charge in [0.25, 0.3) is 11.8 Å². The third-order valence-electron chi connectivity index (χ3n) is 13.2. The number of nitrogens with one attached hydrogen (secondary N) is 1. The molecule has 2 N–H and O–H groups in total. The number of fused-ring (bicyclic) bond motifs is 4. The number of phenols is 1. The van der Waals surface area contributed by atoms with Crippen molar-refractivity contribution in [1.29, 1.82) is 0 Å². The Morgan fingerprint density at radius 2 is 1.54 bits per heavy atom. The molecule has 11 heteroatoms. The molecule has 0 bridgehead atoms. The van der Waals surface area contributed by atoms with E-state index in [9.17, 15) is 19.5 Å². The lowest BCUT2D eigenvalue weighted by atomic mass is 9.49. The molecule has 0 unspecified atom stereocenters. The SMILES string of the molecule is COc1cc([C@H]2C3=CC[C@@H]4C(=O)N(C5CCN(Cc6ccccc6)CC5)C(=O)[C@@H]4[C@@H]3C[C@H]3C(=O)N(Nc4ccc(C)cc4)C(=O)[C@@]23c2ccccc2)cc(Br)c1O. The van der Waals surface area contributed by atoms with Crippen molar-refractivity contribution < 1.29 is 29.0 Å². The van der Waals surface area contributed by atoms with Crippen molar-refractivity contribution >= 4 is 45.2 Å². The van der Waals surface area contributed by atoms with E-state index in [0.29, 0.717) is 40.5 Å². The molecule has 292 valence electrons. The number of methoxy groups -OCH3 is 1. The molecule has 4 aromatic carbocycles. The maximum atomic E-state index is 15.4. The highest BCUT2D eigenvalue weighted by molar-refractivity contribution is 9.10. The molecule has 1 saturated carbocycles. The van der Waals surface area contributed by atoms with E-state index in [-0.39, 0.29) is 41.7 Å². The van der Waals surface area contributed by atoms with Gasteiger partial charge in [0, 0.05) is 31.6 Å². The first kappa shape index (κ1) is 37.3. The Labute approximate surface area is 340 Å². The van der Waals surface area contributed by atoms with E-state index in [0.717, 1.165) is 35.8 Å². The van der Waals surface area contributed by atoms with Gasteiger partial charge in [0.2, 0.25) is 11.8 Å². The summed E-state index contributed by atoms with van der Waals surface area (Å²) in [5, 5.41) is 12.1. The predicted octanol–water partition coefficient (Wildman–Crippen LogP) is 7.12. The smallest absolute Gasteiger partial charge is 0.260 e. The number of rotatable bonds is 8. The van der Waals surface area contributed by atoms with Crippen LogP contribution in [0.5, 0.6) is 11.5 Å². The average molecular weight is 830 g/mol. The number of hydrogen-bond acceptors (Lipinski definition) is 8. The van der Waals surface area contributed by atoms with Crippen molar-refractivity contribution in [3.8, 4) is 11.5 Å². The first-order valence-corrected chi connectivity index (χ1v) is 20.6. The average Bonchev–Trinajstić information content (AvgIpc) is 3.61. The van der Waals surface area contributed by atoms with Crippen LogP contribution in [0.3, 0.4) is 0 Å². The standard InChI is InChI=1S/C46H45BrN4O6/c1-27-13-15-31(16-14-27)48-51-43(54)36-25-35-33(40(29-23-37(47)41(52)38(24-29)57-2)46(36,45(51)56)30-11-7-4-8-12-30)17-18-34-39(35)44(55)50(42(34)53)32-19-21-49(22-20-32)26-28-9-5-3-6-10-28/h3-17,23-24,32,34-36,39-40,48,52H,18-22,25-26H2,1-2H3/t34-,35+,36-,39-,40-,46+/m0/s1. The minimum Gasteiger partial charge on any atom is -0.503 e. The molecule has 5 aliphatic rings. The van der Waals surface area contributed by atoms with Crippen molar-refractivity contribution in [3.63, 3.8) is 0 Å². The molecule has 4 fully saturated rings. The third kappa shape index (κ3) is 6.00. The summed E-state index contributed by atoms with van der Waals surface area (Å²) in [5.74, 6) is -4.31. The Morgan fingerprint density at radius 1 is 0.860 bits per heavy atom. The number of likely N-dealkylation sites (tertiary alicyclic amines) is 2. The van der Waals surface area contributed by atoms with Crippen molar-refractivity contribution in [2.45, 2.75) is 56.5 Å². The fraction of sp³-hybridized carbons (Fsp3) is 0.348. The van der Waals surface area contributed by atoms with Crippen molar-refractivity contribution in [3.05, 3.63) is 135 Å². The van der Waals surface area contributed by atoms with Gasteiger partial charge in [-0.2, -0.15) is 5.01 Å². The number of nitrogens with zero attached hydrogens (tertiary/aromatic N) is 3. The minimum absolute atomic E-state index is 0.0878. The number of imide groups is 2. The number of amides is 4. The van der Waals surface area contributed by atoms with Crippen molar-refractivity contribution in [2.24, 2.45) is 23.7 Å². The van der Waals surface area contributed by atoms with Crippen LogP contribution in [0.4, 0.5) is 5.69 Å². The van der Waals surface area contributed by atoms with Crippen LogP contribution in [0.25, 0.3) is 0 Å². The van der Waals surface area contributed by atoms with E-state index >= 15 is 4.79 Å². The molecule has 3 aliphatic heterocycles.